The van der Waals surface area contributed by atoms with Gasteiger partial charge in [-0.05, 0) is 88.4 Å². The lowest BCUT2D eigenvalue weighted by Gasteiger charge is -2.59. The third-order valence-corrected chi connectivity index (χ3v) is 8.20. The molecule has 0 aromatic rings. The van der Waals surface area contributed by atoms with Crippen molar-refractivity contribution in [3.05, 3.63) is 11.8 Å². The minimum absolute atomic E-state index is 0.0953. The Morgan fingerprint density at radius 3 is 2.26 bits per heavy atom. The summed E-state index contributed by atoms with van der Waals surface area (Å²) in [4.78, 5) is 26.4. The van der Waals surface area contributed by atoms with Gasteiger partial charge in [0.2, 0.25) is 0 Å². The Hall–Kier alpha value is -2.23. The molecular weight excluding hydrogens is 392 g/mol. The van der Waals surface area contributed by atoms with Crippen LogP contribution in [0.15, 0.2) is 11.8 Å². The van der Waals surface area contributed by atoms with Gasteiger partial charge in [-0.25, -0.2) is 4.79 Å². The number of carbonyl (C=O) groups excluding carboxylic acids is 2. The highest BCUT2D eigenvalue weighted by molar-refractivity contribution is 5.97. The molecule has 31 heavy (non-hydrogen) atoms. The number of rotatable bonds is 6. The molecule has 1 saturated heterocycles. The number of carbonyl (C=O) groups is 2. The van der Waals surface area contributed by atoms with Gasteiger partial charge < -0.3 is 20.3 Å². The van der Waals surface area contributed by atoms with Gasteiger partial charge >= 0.3 is 6.09 Å². The minimum Gasteiger partial charge on any atom is -0.450 e. The van der Waals surface area contributed by atoms with E-state index < -0.39 is 0 Å². The van der Waals surface area contributed by atoms with Crippen molar-refractivity contribution in [1.82, 2.24) is 15.5 Å². The summed E-state index contributed by atoms with van der Waals surface area (Å²) >= 11 is 0. The van der Waals surface area contributed by atoms with E-state index in [1.807, 2.05) is 0 Å². The number of hydrogen-bond donors (Lipinski definition) is 2. The maximum absolute atomic E-state index is 12.9. The molecule has 1 heterocycles. The van der Waals surface area contributed by atoms with E-state index in [4.69, 9.17) is 4.74 Å². The molecule has 2 N–H and O–H groups in total. The second-order valence-corrected chi connectivity index (χ2v) is 10.3. The molecule has 170 valence electrons. The molecular formula is C24H36N4O3. The van der Waals surface area contributed by atoms with Gasteiger partial charge in [0.25, 0.3) is 5.91 Å². The number of likely N-dealkylation sites (tertiary alicyclic amines) is 1. The molecule has 1 atom stereocenters. The Morgan fingerprint density at radius 2 is 1.74 bits per heavy atom. The molecule has 0 spiro atoms. The zero-order valence-electron chi connectivity index (χ0n) is 18.9. The summed E-state index contributed by atoms with van der Waals surface area (Å²) in [5.74, 6) is 2.22. The first-order valence-corrected chi connectivity index (χ1v) is 12.0. The number of hydrogen-bond acceptors (Lipinski definition) is 5. The fraction of sp³-hybridized carbons (Fsp3) is 0.792. The van der Waals surface area contributed by atoms with Crippen LogP contribution in [0.3, 0.4) is 0 Å². The summed E-state index contributed by atoms with van der Waals surface area (Å²) in [7, 11) is 0. The number of piperidine rings is 1. The first-order chi connectivity index (χ1) is 14.9. The van der Waals surface area contributed by atoms with E-state index in [2.05, 4.69) is 23.6 Å². The summed E-state index contributed by atoms with van der Waals surface area (Å²) in [6.45, 7) is 5.54. The van der Waals surface area contributed by atoms with Crippen molar-refractivity contribution in [3.8, 4) is 6.07 Å². The first kappa shape index (κ1) is 22.0. The molecule has 5 fully saturated rings. The minimum atomic E-state index is -0.276. The van der Waals surface area contributed by atoms with Crippen LogP contribution in [0.5, 0.6) is 0 Å². The SMILES string of the molecule is CCOC(=O)N1CCC(N/C=C(/C#N)C(=O)NC(C)C23CC4CC(CC(C4)C2)C3)CC1. The predicted molar refractivity (Wildman–Crippen MR) is 117 cm³/mol. The van der Waals surface area contributed by atoms with Crippen molar-refractivity contribution in [2.75, 3.05) is 19.7 Å². The highest BCUT2D eigenvalue weighted by atomic mass is 16.6. The second kappa shape index (κ2) is 9.10. The maximum Gasteiger partial charge on any atom is 0.409 e. The van der Waals surface area contributed by atoms with Crippen molar-refractivity contribution in [2.24, 2.45) is 23.2 Å². The number of nitrogens with zero attached hydrogens (tertiary/aromatic N) is 2. The van der Waals surface area contributed by atoms with Crippen LogP contribution in [-0.2, 0) is 9.53 Å². The summed E-state index contributed by atoms with van der Waals surface area (Å²) in [5.41, 5.74) is 0.350. The number of ether oxygens (including phenoxy) is 1. The zero-order valence-corrected chi connectivity index (χ0v) is 18.9. The van der Waals surface area contributed by atoms with Gasteiger partial charge in [0.15, 0.2) is 0 Å². The van der Waals surface area contributed by atoms with Gasteiger partial charge in [0.1, 0.15) is 11.6 Å². The smallest absolute Gasteiger partial charge is 0.409 e. The van der Waals surface area contributed by atoms with E-state index in [1.165, 1.54) is 38.5 Å². The fourth-order valence-corrected chi connectivity index (χ4v) is 6.93. The lowest BCUT2D eigenvalue weighted by molar-refractivity contribution is -0.122. The van der Waals surface area contributed by atoms with Crippen molar-refractivity contribution in [1.29, 1.82) is 5.26 Å². The number of nitriles is 1. The molecule has 5 rings (SSSR count). The van der Waals surface area contributed by atoms with E-state index >= 15 is 0 Å². The molecule has 4 saturated carbocycles. The van der Waals surface area contributed by atoms with Crippen LogP contribution in [0.4, 0.5) is 4.79 Å². The molecule has 5 aliphatic rings. The maximum atomic E-state index is 12.9. The fourth-order valence-electron chi connectivity index (χ4n) is 6.93. The normalized spacial score (nSPS) is 33.5. The van der Waals surface area contributed by atoms with E-state index in [0.29, 0.717) is 19.7 Å². The summed E-state index contributed by atoms with van der Waals surface area (Å²) in [6, 6.07) is 2.30. The summed E-state index contributed by atoms with van der Waals surface area (Å²) in [5, 5.41) is 16.0. The standard InChI is InChI=1S/C24H36N4O3/c1-3-31-23(30)28-6-4-21(5-7-28)26-15-20(14-25)22(29)27-16(2)24-11-17-8-18(12-24)10-19(9-17)13-24/h15-19,21,26H,3-13H2,1-2H3,(H,27,29)/b20-15-. The van der Waals surface area contributed by atoms with Crippen molar-refractivity contribution < 1.29 is 14.3 Å². The Kier molecular flexibility index (Phi) is 6.45. The van der Waals surface area contributed by atoms with Crippen LogP contribution in [0, 0.1) is 34.5 Å². The van der Waals surface area contributed by atoms with Gasteiger partial charge in [-0.1, -0.05) is 0 Å². The van der Waals surface area contributed by atoms with Crippen LogP contribution >= 0.6 is 0 Å². The molecule has 4 aliphatic carbocycles. The topological polar surface area (TPSA) is 94.5 Å². The summed E-state index contributed by atoms with van der Waals surface area (Å²) < 4.78 is 5.05. The highest BCUT2D eigenvalue weighted by Gasteiger charge is 2.53. The van der Waals surface area contributed by atoms with E-state index in [0.717, 1.165) is 30.6 Å². The van der Waals surface area contributed by atoms with Crippen molar-refractivity contribution in [2.45, 2.75) is 77.3 Å². The van der Waals surface area contributed by atoms with Gasteiger partial charge in [-0.2, -0.15) is 5.26 Å². The lowest BCUT2D eigenvalue weighted by atomic mass is 9.48. The van der Waals surface area contributed by atoms with Gasteiger partial charge in [-0.15, -0.1) is 0 Å². The summed E-state index contributed by atoms with van der Waals surface area (Å²) in [6.07, 6.45) is 10.6. The number of amides is 2. The highest BCUT2D eigenvalue weighted by Crippen LogP contribution is 2.61. The monoisotopic (exact) mass is 428 g/mol. The predicted octanol–water partition coefficient (Wildman–Crippen LogP) is 3.33. The van der Waals surface area contributed by atoms with Crippen LogP contribution in [0.2, 0.25) is 0 Å². The van der Waals surface area contributed by atoms with E-state index in [1.54, 1.807) is 18.0 Å². The molecule has 0 aromatic carbocycles. The first-order valence-electron chi connectivity index (χ1n) is 12.0. The average molecular weight is 429 g/mol. The quantitative estimate of drug-likeness (QED) is 0.500. The van der Waals surface area contributed by atoms with Gasteiger partial charge in [0.05, 0.1) is 6.61 Å². The van der Waals surface area contributed by atoms with Gasteiger partial charge in [-0.3, -0.25) is 4.79 Å². The molecule has 1 aliphatic heterocycles. The lowest BCUT2D eigenvalue weighted by Crippen LogP contribution is -2.56. The van der Waals surface area contributed by atoms with Crippen LogP contribution in [0.25, 0.3) is 0 Å². The van der Waals surface area contributed by atoms with Crippen molar-refractivity contribution >= 4 is 12.0 Å². The third kappa shape index (κ3) is 4.68. The van der Waals surface area contributed by atoms with Crippen LogP contribution in [0.1, 0.15) is 65.2 Å². The Labute approximate surface area is 185 Å². The molecule has 7 heteroatoms. The molecule has 7 nitrogen and oxygen atoms in total. The van der Waals surface area contributed by atoms with Crippen LogP contribution < -0.4 is 10.6 Å². The molecule has 2 amide bonds. The second-order valence-electron chi connectivity index (χ2n) is 10.3. The number of nitrogens with one attached hydrogen (secondary N) is 2. The molecule has 0 radical (unpaired) electrons. The Bertz CT molecular complexity index is 728. The van der Waals surface area contributed by atoms with Crippen LogP contribution in [-0.4, -0.2) is 48.7 Å². The molecule has 1 unspecified atom stereocenters. The zero-order chi connectivity index (χ0) is 22.0. The van der Waals surface area contributed by atoms with E-state index in [-0.39, 0.29) is 35.1 Å². The third-order valence-electron chi connectivity index (χ3n) is 8.20. The molecule has 4 bridgehead atoms. The van der Waals surface area contributed by atoms with E-state index in [9.17, 15) is 14.9 Å². The largest absolute Gasteiger partial charge is 0.450 e. The Balaban J connectivity index is 1.29. The van der Waals surface area contributed by atoms with Gasteiger partial charge in [0, 0.05) is 31.4 Å². The molecule has 0 aromatic heterocycles. The average Bonchev–Trinajstić information content (AvgIpc) is 2.74. The van der Waals surface area contributed by atoms with Crippen molar-refractivity contribution in [3.63, 3.8) is 0 Å². The Morgan fingerprint density at radius 1 is 1.16 bits per heavy atom.